The zero-order valence-electron chi connectivity index (χ0n) is 16.2. The third-order valence-electron chi connectivity index (χ3n) is 4.82. The Balaban J connectivity index is 1.64. The van der Waals surface area contributed by atoms with Crippen LogP contribution in [0.25, 0.3) is 0 Å². The number of carbonyl (C=O) groups is 3. The zero-order valence-corrected chi connectivity index (χ0v) is 16.2. The van der Waals surface area contributed by atoms with Crippen molar-refractivity contribution in [2.45, 2.75) is 26.4 Å². The van der Waals surface area contributed by atoms with E-state index in [2.05, 4.69) is 0 Å². The van der Waals surface area contributed by atoms with E-state index in [0.29, 0.717) is 17.0 Å². The summed E-state index contributed by atoms with van der Waals surface area (Å²) in [6, 6.07) is 14.2. The average Bonchev–Trinajstić information content (AvgIpc) is 3.10. The first-order valence-corrected chi connectivity index (χ1v) is 9.15. The van der Waals surface area contributed by atoms with Crippen molar-refractivity contribution in [1.29, 1.82) is 0 Å². The molecule has 6 heteroatoms. The number of esters is 1. The van der Waals surface area contributed by atoms with E-state index in [1.807, 2.05) is 19.1 Å². The quantitative estimate of drug-likeness (QED) is 0.568. The number of nitrogens with zero attached hydrogens (tertiary/aromatic N) is 1. The van der Waals surface area contributed by atoms with Gasteiger partial charge in [0.15, 0.2) is 6.10 Å². The molecular weight excluding hydrogens is 358 g/mol. The molecule has 3 rings (SSSR count). The highest BCUT2D eigenvalue weighted by atomic mass is 16.5. The summed E-state index contributed by atoms with van der Waals surface area (Å²) in [7, 11) is 1.55. The number of ketones is 1. The number of hydrogen-bond donors (Lipinski definition) is 0. The molecule has 0 aromatic heterocycles. The maximum atomic E-state index is 12.5. The number of anilines is 1. The minimum atomic E-state index is -0.906. The first-order valence-electron chi connectivity index (χ1n) is 9.15. The molecule has 2 aromatic carbocycles. The van der Waals surface area contributed by atoms with Crippen molar-refractivity contribution in [2.24, 2.45) is 5.92 Å². The van der Waals surface area contributed by atoms with Crippen LogP contribution in [-0.2, 0) is 14.3 Å². The van der Waals surface area contributed by atoms with Gasteiger partial charge < -0.3 is 14.4 Å². The molecule has 1 heterocycles. The molecule has 146 valence electrons. The number of carbonyl (C=O) groups excluding carboxylic acids is 3. The van der Waals surface area contributed by atoms with Gasteiger partial charge in [0.1, 0.15) is 5.75 Å². The molecule has 1 fully saturated rings. The second-order valence-electron chi connectivity index (χ2n) is 6.92. The Kier molecular flexibility index (Phi) is 5.78. The Labute approximate surface area is 164 Å². The fourth-order valence-electron chi connectivity index (χ4n) is 3.17. The molecule has 2 aromatic rings. The number of hydrogen-bond acceptors (Lipinski definition) is 5. The second-order valence-corrected chi connectivity index (χ2v) is 6.92. The molecule has 28 heavy (non-hydrogen) atoms. The average molecular weight is 381 g/mol. The number of amides is 1. The van der Waals surface area contributed by atoms with E-state index >= 15 is 0 Å². The lowest BCUT2D eigenvalue weighted by molar-refractivity contribution is -0.151. The van der Waals surface area contributed by atoms with E-state index in [1.54, 1.807) is 55.3 Å². The Hall–Kier alpha value is -3.15. The zero-order chi connectivity index (χ0) is 20.3. The van der Waals surface area contributed by atoms with Crippen LogP contribution in [0.3, 0.4) is 0 Å². The number of methoxy groups -OCH3 is 1. The number of Topliss-reactive ketones (excluding diaryl/α,β-unsaturated/α-hetero) is 1. The molecule has 0 radical (unpaired) electrons. The third-order valence-corrected chi connectivity index (χ3v) is 4.82. The van der Waals surface area contributed by atoms with Crippen LogP contribution < -0.4 is 9.64 Å². The molecule has 1 saturated heterocycles. The van der Waals surface area contributed by atoms with Gasteiger partial charge in [0.05, 0.1) is 13.0 Å². The first-order chi connectivity index (χ1) is 13.4. The maximum Gasteiger partial charge on any atom is 0.312 e. The molecule has 0 aliphatic carbocycles. The van der Waals surface area contributed by atoms with Gasteiger partial charge in [-0.3, -0.25) is 14.4 Å². The van der Waals surface area contributed by atoms with Gasteiger partial charge in [-0.05, 0) is 26.0 Å². The number of benzene rings is 2. The predicted molar refractivity (Wildman–Crippen MR) is 105 cm³/mol. The van der Waals surface area contributed by atoms with Crippen LogP contribution >= 0.6 is 0 Å². The van der Waals surface area contributed by atoms with Crippen molar-refractivity contribution >= 4 is 23.3 Å². The molecule has 2 atom stereocenters. The Bertz CT molecular complexity index is 890. The maximum absolute atomic E-state index is 12.5. The van der Waals surface area contributed by atoms with Crippen LogP contribution in [0.5, 0.6) is 5.75 Å². The topological polar surface area (TPSA) is 72.9 Å². The molecule has 0 saturated carbocycles. The largest absolute Gasteiger partial charge is 0.497 e. The van der Waals surface area contributed by atoms with Crippen LogP contribution in [0.4, 0.5) is 5.69 Å². The van der Waals surface area contributed by atoms with Gasteiger partial charge in [0.2, 0.25) is 11.7 Å². The minimum absolute atomic E-state index is 0.0570. The molecule has 0 unspecified atom stereocenters. The summed E-state index contributed by atoms with van der Waals surface area (Å²) < 4.78 is 10.6. The van der Waals surface area contributed by atoms with Gasteiger partial charge in [-0.25, -0.2) is 0 Å². The van der Waals surface area contributed by atoms with Crippen LogP contribution in [0.1, 0.15) is 29.3 Å². The first kappa shape index (κ1) is 19.6. The van der Waals surface area contributed by atoms with Crippen LogP contribution in [-0.4, -0.2) is 37.4 Å². The smallest absolute Gasteiger partial charge is 0.312 e. The number of aryl methyl sites for hydroxylation is 1. The normalized spacial score (nSPS) is 17.3. The van der Waals surface area contributed by atoms with Crippen molar-refractivity contribution < 1.29 is 23.9 Å². The molecule has 6 nitrogen and oxygen atoms in total. The van der Waals surface area contributed by atoms with Crippen molar-refractivity contribution in [2.75, 3.05) is 18.6 Å². The summed E-state index contributed by atoms with van der Waals surface area (Å²) in [5, 5.41) is 0. The minimum Gasteiger partial charge on any atom is -0.497 e. The van der Waals surface area contributed by atoms with Gasteiger partial charge in [0.25, 0.3) is 0 Å². The van der Waals surface area contributed by atoms with Gasteiger partial charge in [-0.15, -0.1) is 0 Å². The van der Waals surface area contributed by atoms with E-state index < -0.39 is 18.0 Å². The van der Waals surface area contributed by atoms with Gasteiger partial charge >= 0.3 is 5.97 Å². The molecule has 1 aliphatic rings. The fraction of sp³-hybridized carbons (Fsp3) is 0.318. The highest BCUT2D eigenvalue weighted by Gasteiger charge is 2.37. The molecule has 0 N–H and O–H groups in total. The highest BCUT2D eigenvalue weighted by Crippen LogP contribution is 2.28. The Morgan fingerprint density at radius 2 is 1.86 bits per heavy atom. The van der Waals surface area contributed by atoms with Crippen LogP contribution in [0.15, 0.2) is 48.5 Å². The summed E-state index contributed by atoms with van der Waals surface area (Å²) >= 11 is 0. The monoisotopic (exact) mass is 381 g/mol. The van der Waals surface area contributed by atoms with E-state index in [0.717, 1.165) is 5.56 Å². The van der Waals surface area contributed by atoms with Gasteiger partial charge in [-0.1, -0.05) is 35.9 Å². The SMILES string of the molecule is COc1cccc(N2C[C@@H](C(=O)O[C@@H](C)C(=O)c3ccc(C)cc3)CC2=O)c1. The molecule has 1 aliphatic heterocycles. The summed E-state index contributed by atoms with van der Waals surface area (Å²) in [6.45, 7) is 3.70. The molecule has 0 bridgehead atoms. The fourth-order valence-corrected chi connectivity index (χ4v) is 3.17. The van der Waals surface area contributed by atoms with E-state index in [4.69, 9.17) is 9.47 Å². The van der Waals surface area contributed by atoms with E-state index in [-0.39, 0.29) is 24.7 Å². The Morgan fingerprint density at radius 1 is 1.14 bits per heavy atom. The molecular formula is C22H23NO5. The van der Waals surface area contributed by atoms with Crippen LogP contribution in [0.2, 0.25) is 0 Å². The number of rotatable bonds is 6. The predicted octanol–water partition coefficient (Wildman–Crippen LogP) is 3.17. The lowest BCUT2D eigenvalue weighted by Gasteiger charge is -2.18. The third kappa shape index (κ3) is 4.22. The highest BCUT2D eigenvalue weighted by molar-refractivity contribution is 6.02. The van der Waals surface area contributed by atoms with Crippen molar-refractivity contribution in [1.82, 2.24) is 0 Å². The van der Waals surface area contributed by atoms with Crippen molar-refractivity contribution in [3.63, 3.8) is 0 Å². The Morgan fingerprint density at radius 3 is 2.54 bits per heavy atom. The molecule has 0 spiro atoms. The second kappa shape index (κ2) is 8.25. The van der Waals surface area contributed by atoms with E-state index in [1.165, 1.54) is 0 Å². The molecule has 1 amide bonds. The van der Waals surface area contributed by atoms with Gasteiger partial charge in [-0.2, -0.15) is 0 Å². The van der Waals surface area contributed by atoms with Crippen LogP contribution in [0, 0.1) is 12.8 Å². The van der Waals surface area contributed by atoms with Crippen molar-refractivity contribution in [3.05, 3.63) is 59.7 Å². The number of ether oxygens (including phenoxy) is 2. The lowest BCUT2D eigenvalue weighted by Crippen LogP contribution is -2.30. The summed E-state index contributed by atoms with van der Waals surface area (Å²) in [4.78, 5) is 38.9. The summed E-state index contributed by atoms with van der Waals surface area (Å²) in [5.41, 5.74) is 2.21. The lowest BCUT2D eigenvalue weighted by atomic mass is 10.1. The van der Waals surface area contributed by atoms with Crippen molar-refractivity contribution in [3.8, 4) is 5.75 Å². The standard InChI is InChI=1S/C22H23NO5/c1-14-7-9-16(10-8-14)21(25)15(2)28-22(26)17-11-20(24)23(13-17)18-5-4-6-19(12-18)27-3/h4-10,12,15,17H,11,13H2,1-3H3/t15-,17-/m0/s1. The van der Waals surface area contributed by atoms with E-state index in [9.17, 15) is 14.4 Å². The van der Waals surface area contributed by atoms with Gasteiger partial charge in [0, 0.05) is 30.3 Å². The summed E-state index contributed by atoms with van der Waals surface area (Å²) in [6.07, 6.45) is -0.849. The summed E-state index contributed by atoms with van der Waals surface area (Å²) in [5.74, 6) is -0.928.